The van der Waals surface area contributed by atoms with Gasteiger partial charge in [-0.15, -0.1) is 0 Å². The zero-order chi connectivity index (χ0) is 15.9. The van der Waals surface area contributed by atoms with Crippen LogP contribution in [0.25, 0.3) is 0 Å². The number of piperazine rings is 1. The standard InChI is InChI=1S/C18H29N3O/c1-4-8-15(3)18(22)19-16-9-6-7-10-17(16)21-13-11-20(5-2)12-14-21/h6-7,9-10,15H,4-5,8,11-14H2,1-3H3,(H,19,22). The van der Waals surface area contributed by atoms with Crippen molar-refractivity contribution < 1.29 is 4.79 Å². The number of likely N-dealkylation sites (N-methyl/N-ethyl adjacent to an activating group) is 1. The van der Waals surface area contributed by atoms with Crippen LogP contribution in [0.15, 0.2) is 24.3 Å². The van der Waals surface area contributed by atoms with Gasteiger partial charge in [-0.2, -0.15) is 0 Å². The average molecular weight is 303 g/mol. The molecule has 1 saturated heterocycles. The van der Waals surface area contributed by atoms with Crippen molar-refractivity contribution in [1.29, 1.82) is 0 Å². The molecule has 0 radical (unpaired) electrons. The molecule has 1 aromatic carbocycles. The number of carbonyl (C=O) groups excluding carboxylic acids is 1. The highest BCUT2D eigenvalue weighted by Crippen LogP contribution is 2.27. The second-order valence-electron chi connectivity index (χ2n) is 6.12. The maximum Gasteiger partial charge on any atom is 0.227 e. The van der Waals surface area contributed by atoms with E-state index in [1.807, 2.05) is 25.1 Å². The molecule has 1 heterocycles. The fourth-order valence-corrected chi connectivity index (χ4v) is 2.98. The Morgan fingerprint density at radius 3 is 2.50 bits per heavy atom. The first-order chi connectivity index (χ1) is 10.7. The Morgan fingerprint density at radius 2 is 1.86 bits per heavy atom. The van der Waals surface area contributed by atoms with Gasteiger partial charge in [-0.1, -0.05) is 39.3 Å². The number of nitrogens with zero attached hydrogens (tertiary/aromatic N) is 2. The summed E-state index contributed by atoms with van der Waals surface area (Å²) in [6.07, 6.45) is 1.97. The second-order valence-corrected chi connectivity index (χ2v) is 6.12. The molecule has 0 saturated carbocycles. The fraction of sp³-hybridized carbons (Fsp3) is 0.611. The van der Waals surface area contributed by atoms with Crippen LogP contribution in [0.2, 0.25) is 0 Å². The van der Waals surface area contributed by atoms with E-state index in [1.54, 1.807) is 0 Å². The number of amides is 1. The van der Waals surface area contributed by atoms with Gasteiger partial charge >= 0.3 is 0 Å². The first-order valence-electron chi connectivity index (χ1n) is 8.52. The lowest BCUT2D eigenvalue weighted by atomic mass is 10.1. The van der Waals surface area contributed by atoms with E-state index in [2.05, 4.69) is 35.0 Å². The summed E-state index contributed by atoms with van der Waals surface area (Å²) in [5.74, 6) is 0.191. The molecule has 122 valence electrons. The smallest absolute Gasteiger partial charge is 0.227 e. The van der Waals surface area contributed by atoms with Crippen LogP contribution in [0, 0.1) is 5.92 Å². The quantitative estimate of drug-likeness (QED) is 0.876. The highest BCUT2D eigenvalue weighted by atomic mass is 16.1. The number of nitrogens with one attached hydrogen (secondary N) is 1. The van der Waals surface area contributed by atoms with Crippen LogP contribution < -0.4 is 10.2 Å². The summed E-state index contributed by atoms with van der Waals surface area (Å²) in [7, 11) is 0. The Kier molecular flexibility index (Phi) is 6.25. The monoisotopic (exact) mass is 303 g/mol. The minimum atomic E-state index is 0.0648. The number of rotatable bonds is 6. The molecule has 0 bridgehead atoms. The molecule has 2 rings (SSSR count). The maximum absolute atomic E-state index is 12.3. The number of hydrogen-bond acceptors (Lipinski definition) is 3. The minimum Gasteiger partial charge on any atom is -0.367 e. The van der Waals surface area contributed by atoms with Crippen molar-refractivity contribution in [2.45, 2.75) is 33.6 Å². The van der Waals surface area contributed by atoms with E-state index >= 15 is 0 Å². The van der Waals surface area contributed by atoms with Crippen LogP contribution in [-0.2, 0) is 4.79 Å². The van der Waals surface area contributed by atoms with Gasteiger partial charge in [-0.25, -0.2) is 0 Å². The average Bonchev–Trinajstić information content (AvgIpc) is 2.55. The van der Waals surface area contributed by atoms with Gasteiger partial charge in [0.25, 0.3) is 0 Å². The maximum atomic E-state index is 12.3. The molecule has 22 heavy (non-hydrogen) atoms. The van der Waals surface area contributed by atoms with Crippen molar-refractivity contribution in [2.75, 3.05) is 42.9 Å². The normalized spacial score (nSPS) is 17.3. The van der Waals surface area contributed by atoms with E-state index in [1.165, 1.54) is 0 Å². The molecule has 1 amide bonds. The Bertz CT molecular complexity index is 481. The fourth-order valence-electron chi connectivity index (χ4n) is 2.98. The predicted molar refractivity (Wildman–Crippen MR) is 93.5 cm³/mol. The summed E-state index contributed by atoms with van der Waals surface area (Å²) in [4.78, 5) is 17.1. The van der Waals surface area contributed by atoms with Gasteiger partial charge in [0.2, 0.25) is 5.91 Å². The van der Waals surface area contributed by atoms with E-state index in [9.17, 15) is 4.79 Å². The number of benzene rings is 1. The van der Waals surface area contributed by atoms with Crippen molar-refractivity contribution in [3.63, 3.8) is 0 Å². The van der Waals surface area contributed by atoms with Crippen LogP contribution in [0.5, 0.6) is 0 Å². The van der Waals surface area contributed by atoms with E-state index in [0.29, 0.717) is 0 Å². The van der Waals surface area contributed by atoms with Crippen molar-refractivity contribution >= 4 is 17.3 Å². The molecule has 1 fully saturated rings. The zero-order valence-electron chi connectivity index (χ0n) is 14.1. The number of hydrogen-bond donors (Lipinski definition) is 1. The molecule has 0 aromatic heterocycles. The van der Waals surface area contributed by atoms with Crippen LogP contribution >= 0.6 is 0 Å². The molecule has 1 atom stereocenters. The lowest BCUT2D eigenvalue weighted by Crippen LogP contribution is -2.46. The molecule has 4 heteroatoms. The van der Waals surface area contributed by atoms with Crippen LogP contribution in [0.4, 0.5) is 11.4 Å². The van der Waals surface area contributed by atoms with Crippen LogP contribution in [0.3, 0.4) is 0 Å². The Hall–Kier alpha value is -1.55. The van der Waals surface area contributed by atoms with Gasteiger partial charge in [0.15, 0.2) is 0 Å². The third-order valence-electron chi connectivity index (χ3n) is 4.49. The Morgan fingerprint density at radius 1 is 1.18 bits per heavy atom. The van der Waals surface area contributed by atoms with E-state index in [4.69, 9.17) is 0 Å². The van der Waals surface area contributed by atoms with Crippen molar-refractivity contribution in [3.8, 4) is 0 Å². The van der Waals surface area contributed by atoms with Crippen molar-refractivity contribution in [3.05, 3.63) is 24.3 Å². The molecule has 1 aliphatic rings. The number of anilines is 2. The summed E-state index contributed by atoms with van der Waals surface area (Å²) in [6.45, 7) is 11.7. The molecule has 0 aliphatic carbocycles. The molecular formula is C18H29N3O. The van der Waals surface area contributed by atoms with E-state index in [-0.39, 0.29) is 11.8 Å². The van der Waals surface area contributed by atoms with Crippen molar-refractivity contribution in [2.24, 2.45) is 5.92 Å². The zero-order valence-corrected chi connectivity index (χ0v) is 14.1. The number of carbonyl (C=O) groups is 1. The molecule has 4 nitrogen and oxygen atoms in total. The molecule has 1 unspecified atom stereocenters. The number of para-hydroxylation sites is 2. The summed E-state index contributed by atoms with van der Waals surface area (Å²) in [5, 5.41) is 3.12. The highest BCUT2D eigenvalue weighted by Gasteiger charge is 2.19. The molecule has 0 spiro atoms. The van der Waals surface area contributed by atoms with Gasteiger partial charge in [-0.05, 0) is 25.1 Å². The first-order valence-corrected chi connectivity index (χ1v) is 8.52. The van der Waals surface area contributed by atoms with Gasteiger partial charge < -0.3 is 15.1 Å². The lowest BCUT2D eigenvalue weighted by Gasteiger charge is -2.36. The summed E-state index contributed by atoms with van der Waals surface area (Å²) < 4.78 is 0. The summed E-state index contributed by atoms with van der Waals surface area (Å²) >= 11 is 0. The molecule has 1 aromatic rings. The van der Waals surface area contributed by atoms with Gasteiger partial charge in [0, 0.05) is 32.1 Å². The van der Waals surface area contributed by atoms with Gasteiger partial charge in [0.05, 0.1) is 11.4 Å². The molecular weight excluding hydrogens is 274 g/mol. The Balaban J connectivity index is 2.05. The molecule has 1 aliphatic heterocycles. The molecule has 1 N–H and O–H groups in total. The topological polar surface area (TPSA) is 35.6 Å². The highest BCUT2D eigenvalue weighted by molar-refractivity contribution is 5.95. The Labute approximate surface area is 134 Å². The largest absolute Gasteiger partial charge is 0.367 e. The van der Waals surface area contributed by atoms with Crippen molar-refractivity contribution in [1.82, 2.24) is 4.90 Å². The minimum absolute atomic E-state index is 0.0648. The summed E-state index contributed by atoms with van der Waals surface area (Å²) in [6, 6.07) is 8.17. The van der Waals surface area contributed by atoms with Crippen LogP contribution in [-0.4, -0.2) is 43.5 Å². The third-order valence-corrected chi connectivity index (χ3v) is 4.49. The van der Waals surface area contributed by atoms with Crippen LogP contribution in [0.1, 0.15) is 33.6 Å². The predicted octanol–water partition coefficient (Wildman–Crippen LogP) is 3.20. The summed E-state index contributed by atoms with van der Waals surface area (Å²) in [5.41, 5.74) is 2.09. The van der Waals surface area contributed by atoms with Gasteiger partial charge in [-0.3, -0.25) is 4.79 Å². The first kappa shape index (κ1) is 16.8. The third kappa shape index (κ3) is 4.23. The van der Waals surface area contributed by atoms with Gasteiger partial charge in [0.1, 0.15) is 0 Å². The van der Waals surface area contributed by atoms with E-state index < -0.39 is 0 Å². The SMILES string of the molecule is CCCC(C)C(=O)Nc1ccccc1N1CCN(CC)CC1. The lowest BCUT2D eigenvalue weighted by molar-refractivity contribution is -0.119. The second kappa shape index (κ2) is 8.18. The van der Waals surface area contributed by atoms with E-state index in [0.717, 1.165) is 56.9 Å².